The van der Waals surface area contributed by atoms with Gasteiger partial charge in [0.1, 0.15) is 6.54 Å². The number of aliphatic hydroxyl groups excluding tert-OH is 1. The number of nitrogens with one attached hydrogen (secondary N) is 1. The maximum Gasteiger partial charge on any atom is 0.103 e. The lowest BCUT2D eigenvalue weighted by Crippen LogP contribution is -3.13. The van der Waals surface area contributed by atoms with Gasteiger partial charge in [0.05, 0.1) is 19.2 Å². The van der Waals surface area contributed by atoms with Crippen LogP contribution in [-0.2, 0) is 6.54 Å². The molecule has 1 aromatic rings. The number of piperidine rings is 1. The van der Waals surface area contributed by atoms with Gasteiger partial charge in [0.15, 0.2) is 0 Å². The highest BCUT2D eigenvalue weighted by molar-refractivity contribution is 5.13. The molecule has 1 aliphatic heterocycles. The Balaban J connectivity index is 1.68. The van der Waals surface area contributed by atoms with E-state index in [1.807, 2.05) is 0 Å². The molecule has 2 nitrogen and oxygen atoms in total. The van der Waals surface area contributed by atoms with Gasteiger partial charge in [-0.15, -0.1) is 0 Å². The van der Waals surface area contributed by atoms with E-state index >= 15 is 0 Å². The van der Waals surface area contributed by atoms with E-state index in [-0.39, 0.29) is 6.10 Å². The lowest BCUT2D eigenvalue weighted by atomic mass is 9.59. The summed E-state index contributed by atoms with van der Waals surface area (Å²) in [5.41, 5.74) is 1.88. The van der Waals surface area contributed by atoms with Crippen molar-refractivity contribution in [2.24, 2.45) is 17.3 Å². The highest BCUT2D eigenvalue weighted by Gasteiger charge is 2.48. The first-order valence-corrected chi connectivity index (χ1v) is 8.14. The molecule has 1 aliphatic carbocycles. The molecule has 0 radical (unpaired) electrons. The van der Waals surface area contributed by atoms with Crippen LogP contribution in [0.1, 0.15) is 38.7 Å². The zero-order valence-electron chi connectivity index (χ0n) is 12.8. The van der Waals surface area contributed by atoms with E-state index in [1.165, 1.54) is 31.5 Å². The summed E-state index contributed by atoms with van der Waals surface area (Å²) in [5, 5.41) is 10.1. The third-order valence-corrected chi connectivity index (χ3v) is 5.91. The van der Waals surface area contributed by atoms with E-state index in [4.69, 9.17) is 0 Å². The second-order valence-electron chi connectivity index (χ2n) is 7.35. The van der Waals surface area contributed by atoms with Gasteiger partial charge in [-0.1, -0.05) is 44.2 Å². The fraction of sp³-hybridized carbons (Fsp3) is 0.667. The van der Waals surface area contributed by atoms with Crippen molar-refractivity contribution in [2.45, 2.75) is 45.8 Å². The van der Waals surface area contributed by atoms with Gasteiger partial charge in [-0.05, 0) is 24.7 Å². The molecule has 3 rings (SSSR count). The molecule has 0 spiro atoms. The molecule has 20 heavy (non-hydrogen) atoms. The second kappa shape index (κ2) is 5.50. The second-order valence-corrected chi connectivity index (χ2v) is 7.35. The molecule has 1 saturated carbocycles. The highest BCUT2D eigenvalue weighted by Crippen LogP contribution is 2.46. The minimum absolute atomic E-state index is 0.0660. The molecular weight excluding hydrogens is 246 g/mol. The van der Waals surface area contributed by atoms with E-state index in [1.54, 1.807) is 4.90 Å². The summed E-state index contributed by atoms with van der Waals surface area (Å²) in [5.74, 6) is 1.19. The van der Waals surface area contributed by atoms with Crippen LogP contribution in [0.2, 0.25) is 0 Å². The lowest BCUT2D eigenvalue weighted by Gasteiger charge is -2.51. The monoisotopic (exact) mass is 274 g/mol. The molecule has 2 aliphatic rings. The SMILES string of the molecule is C[C@H]1[C@@H](O)CC[C@@]2(C)C[NH+](Cc3ccccc3)CC[C@@H]12. The van der Waals surface area contributed by atoms with Gasteiger partial charge in [-0.3, -0.25) is 0 Å². The molecule has 2 heteroatoms. The Hall–Kier alpha value is -0.860. The van der Waals surface area contributed by atoms with Crippen molar-refractivity contribution >= 4 is 0 Å². The minimum atomic E-state index is -0.0660. The van der Waals surface area contributed by atoms with E-state index in [2.05, 4.69) is 44.2 Å². The van der Waals surface area contributed by atoms with Crippen LogP contribution in [0.4, 0.5) is 0 Å². The van der Waals surface area contributed by atoms with E-state index in [0.29, 0.717) is 17.3 Å². The third-order valence-electron chi connectivity index (χ3n) is 5.91. The van der Waals surface area contributed by atoms with Crippen molar-refractivity contribution in [3.05, 3.63) is 35.9 Å². The first kappa shape index (κ1) is 14.1. The fourth-order valence-electron chi connectivity index (χ4n) is 4.71. The van der Waals surface area contributed by atoms with Crippen molar-refractivity contribution in [3.8, 4) is 0 Å². The number of quaternary nitrogens is 1. The average molecular weight is 274 g/mol. The van der Waals surface area contributed by atoms with Crippen LogP contribution in [0.3, 0.4) is 0 Å². The third kappa shape index (κ3) is 2.64. The molecule has 0 aromatic heterocycles. The van der Waals surface area contributed by atoms with Gasteiger partial charge in [0.25, 0.3) is 0 Å². The summed E-state index contributed by atoms with van der Waals surface area (Å²) in [6, 6.07) is 10.9. The van der Waals surface area contributed by atoms with Crippen LogP contribution in [-0.4, -0.2) is 24.3 Å². The molecule has 0 bridgehead atoms. The molecule has 2 N–H and O–H groups in total. The average Bonchev–Trinajstić information content (AvgIpc) is 2.44. The molecule has 0 amide bonds. The normalized spacial score (nSPS) is 41.1. The first-order valence-electron chi connectivity index (χ1n) is 8.14. The number of rotatable bonds is 2. The molecular formula is C18H28NO+. The predicted octanol–water partition coefficient (Wildman–Crippen LogP) is 1.89. The van der Waals surface area contributed by atoms with Gasteiger partial charge in [-0.2, -0.15) is 0 Å². The first-order chi connectivity index (χ1) is 9.58. The van der Waals surface area contributed by atoms with Crippen LogP contribution in [0, 0.1) is 17.3 Å². The molecule has 110 valence electrons. The molecule has 5 atom stereocenters. The minimum Gasteiger partial charge on any atom is -0.393 e. The number of fused-ring (bicyclic) bond motifs is 1. The smallest absolute Gasteiger partial charge is 0.103 e. The van der Waals surface area contributed by atoms with Crippen LogP contribution in [0.15, 0.2) is 30.3 Å². The number of aliphatic hydroxyl groups is 1. The van der Waals surface area contributed by atoms with Crippen LogP contribution in [0.25, 0.3) is 0 Å². The van der Waals surface area contributed by atoms with Gasteiger partial charge in [0.2, 0.25) is 0 Å². The van der Waals surface area contributed by atoms with Crippen molar-refractivity contribution in [2.75, 3.05) is 13.1 Å². The zero-order chi connectivity index (χ0) is 14.2. The van der Waals surface area contributed by atoms with Gasteiger partial charge in [-0.25, -0.2) is 0 Å². The van der Waals surface area contributed by atoms with Crippen molar-refractivity contribution in [1.29, 1.82) is 0 Å². The van der Waals surface area contributed by atoms with Crippen molar-refractivity contribution in [3.63, 3.8) is 0 Å². The number of likely N-dealkylation sites (tertiary alicyclic amines) is 1. The molecule has 1 unspecified atom stereocenters. The van der Waals surface area contributed by atoms with E-state index < -0.39 is 0 Å². The Morgan fingerprint density at radius 3 is 2.75 bits per heavy atom. The maximum atomic E-state index is 10.1. The molecule has 1 heterocycles. The Kier molecular flexibility index (Phi) is 3.87. The Morgan fingerprint density at radius 2 is 2.00 bits per heavy atom. The highest BCUT2D eigenvalue weighted by atomic mass is 16.3. The van der Waals surface area contributed by atoms with Crippen LogP contribution < -0.4 is 4.90 Å². The van der Waals surface area contributed by atoms with Gasteiger partial charge in [0, 0.05) is 17.4 Å². The Labute approximate surface area is 122 Å². The summed E-state index contributed by atoms with van der Waals surface area (Å²) >= 11 is 0. The van der Waals surface area contributed by atoms with E-state index in [0.717, 1.165) is 13.0 Å². The fourth-order valence-corrected chi connectivity index (χ4v) is 4.71. The summed E-state index contributed by atoms with van der Waals surface area (Å²) in [6.07, 6.45) is 3.40. The standard InChI is InChI=1S/C18H27NO/c1-14-16-9-11-19(12-15-6-4-3-5-7-15)13-18(16,2)10-8-17(14)20/h3-7,14,16-17,20H,8-13H2,1-2H3/p+1/t14-,16+,17+,18+/m1/s1. The Bertz CT molecular complexity index is 446. The predicted molar refractivity (Wildman–Crippen MR) is 81.5 cm³/mol. The summed E-state index contributed by atoms with van der Waals surface area (Å²) < 4.78 is 0. The Morgan fingerprint density at radius 1 is 1.25 bits per heavy atom. The topological polar surface area (TPSA) is 24.7 Å². The van der Waals surface area contributed by atoms with Gasteiger partial charge >= 0.3 is 0 Å². The summed E-state index contributed by atoms with van der Waals surface area (Å²) in [7, 11) is 0. The zero-order valence-corrected chi connectivity index (χ0v) is 12.8. The van der Waals surface area contributed by atoms with Crippen molar-refractivity contribution < 1.29 is 10.0 Å². The van der Waals surface area contributed by atoms with E-state index in [9.17, 15) is 5.11 Å². The summed E-state index contributed by atoms with van der Waals surface area (Å²) in [4.78, 5) is 1.72. The number of hydrogen-bond donors (Lipinski definition) is 2. The molecule has 1 saturated heterocycles. The van der Waals surface area contributed by atoms with Crippen molar-refractivity contribution in [1.82, 2.24) is 0 Å². The maximum absolute atomic E-state index is 10.1. The van der Waals surface area contributed by atoms with Crippen LogP contribution >= 0.6 is 0 Å². The lowest BCUT2D eigenvalue weighted by molar-refractivity contribution is -0.928. The number of benzene rings is 1. The van der Waals surface area contributed by atoms with Gasteiger partial charge < -0.3 is 10.0 Å². The largest absolute Gasteiger partial charge is 0.393 e. The number of hydrogen-bond acceptors (Lipinski definition) is 1. The molecule has 2 fully saturated rings. The quantitative estimate of drug-likeness (QED) is 0.846. The van der Waals surface area contributed by atoms with Crippen LogP contribution in [0.5, 0.6) is 0 Å². The molecule has 1 aromatic carbocycles. The summed E-state index contributed by atoms with van der Waals surface area (Å²) in [6.45, 7) is 8.40.